The maximum atomic E-state index is 14.5. The van der Waals surface area contributed by atoms with Crippen molar-refractivity contribution < 1.29 is 18.7 Å². The Hall–Kier alpha value is -2.75. The van der Waals surface area contributed by atoms with Crippen molar-refractivity contribution in [2.45, 2.75) is 25.9 Å². The summed E-state index contributed by atoms with van der Waals surface area (Å²) >= 11 is 0. The molecule has 0 amide bonds. The van der Waals surface area contributed by atoms with Gasteiger partial charge >= 0.3 is 0 Å². The van der Waals surface area contributed by atoms with Crippen LogP contribution in [0.3, 0.4) is 0 Å². The van der Waals surface area contributed by atoms with E-state index in [2.05, 4.69) is 11.4 Å². The van der Waals surface area contributed by atoms with Crippen LogP contribution in [0, 0.1) is 17.1 Å². The van der Waals surface area contributed by atoms with E-state index < -0.39 is 5.82 Å². The summed E-state index contributed by atoms with van der Waals surface area (Å²) in [7, 11) is 0. The van der Waals surface area contributed by atoms with E-state index in [9.17, 15) is 9.18 Å². The number of Topliss-reactive ketones (excluding diaryl/α,β-unsaturated/α-hetero) is 1. The lowest BCUT2D eigenvalue weighted by Crippen LogP contribution is -2.33. The number of nitrogens with zero attached hydrogens (tertiary/aromatic N) is 1. The molecule has 146 valence electrons. The molecular weight excluding hydrogens is 359 g/mol. The lowest BCUT2D eigenvalue weighted by atomic mass is 9.98. The van der Waals surface area contributed by atoms with E-state index in [1.165, 1.54) is 6.07 Å². The predicted molar refractivity (Wildman–Crippen MR) is 103 cm³/mol. The molecule has 1 atom stereocenters. The summed E-state index contributed by atoms with van der Waals surface area (Å²) in [4.78, 5) is 12.5. The minimum absolute atomic E-state index is 0.0156. The third-order valence-corrected chi connectivity index (χ3v) is 4.64. The second kappa shape index (κ2) is 9.45. The molecule has 6 heteroatoms. The van der Waals surface area contributed by atoms with Gasteiger partial charge in [0.2, 0.25) is 0 Å². The Balaban J connectivity index is 1.70. The molecule has 1 aliphatic heterocycles. The molecule has 5 nitrogen and oxygen atoms in total. The van der Waals surface area contributed by atoms with Gasteiger partial charge in [0.25, 0.3) is 0 Å². The van der Waals surface area contributed by atoms with Crippen LogP contribution in [-0.4, -0.2) is 32.1 Å². The number of ketones is 1. The van der Waals surface area contributed by atoms with Crippen LogP contribution in [0.2, 0.25) is 0 Å². The Bertz CT molecular complexity index is 886. The van der Waals surface area contributed by atoms with E-state index in [1.807, 2.05) is 13.0 Å². The molecule has 0 unspecified atom stereocenters. The SMILES string of the molecule is CCOc1ccc(C#N)cc1CC(=O)Cc1ccc([C@H]2CNCCO2)cc1F. The third-order valence-electron chi connectivity index (χ3n) is 4.64. The molecule has 28 heavy (non-hydrogen) atoms. The van der Waals surface area contributed by atoms with E-state index >= 15 is 0 Å². The normalized spacial score (nSPS) is 16.4. The highest BCUT2D eigenvalue weighted by Gasteiger charge is 2.18. The molecule has 0 aromatic heterocycles. The number of hydrogen-bond acceptors (Lipinski definition) is 5. The Morgan fingerprint density at radius 3 is 2.79 bits per heavy atom. The van der Waals surface area contributed by atoms with E-state index in [0.717, 1.165) is 12.1 Å². The van der Waals surface area contributed by atoms with Gasteiger partial charge in [-0.3, -0.25) is 4.79 Å². The first kappa shape index (κ1) is 20.0. The smallest absolute Gasteiger partial charge is 0.141 e. The zero-order valence-corrected chi connectivity index (χ0v) is 15.8. The molecule has 1 fully saturated rings. The van der Waals surface area contributed by atoms with Gasteiger partial charge in [0.15, 0.2) is 0 Å². The summed E-state index contributed by atoms with van der Waals surface area (Å²) < 4.78 is 25.7. The second-order valence-electron chi connectivity index (χ2n) is 6.67. The lowest BCUT2D eigenvalue weighted by Gasteiger charge is -2.24. The van der Waals surface area contributed by atoms with Gasteiger partial charge in [0.05, 0.1) is 31.0 Å². The zero-order chi connectivity index (χ0) is 19.9. The van der Waals surface area contributed by atoms with Gasteiger partial charge in [0.1, 0.15) is 17.3 Å². The summed E-state index contributed by atoms with van der Waals surface area (Å²) in [5.41, 5.74) is 2.22. The highest BCUT2D eigenvalue weighted by Crippen LogP contribution is 2.24. The van der Waals surface area contributed by atoms with Crippen molar-refractivity contribution >= 4 is 5.78 Å². The fourth-order valence-corrected chi connectivity index (χ4v) is 3.26. The fraction of sp³-hybridized carbons (Fsp3) is 0.364. The molecule has 0 radical (unpaired) electrons. The van der Waals surface area contributed by atoms with Crippen LogP contribution >= 0.6 is 0 Å². The molecular formula is C22H23FN2O3. The van der Waals surface area contributed by atoms with Crippen molar-refractivity contribution in [3.8, 4) is 11.8 Å². The van der Waals surface area contributed by atoms with Crippen LogP contribution in [0.1, 0.15) is 35.3 Å². The average molecular weight is 382 g/mol. The number of morpholine rings is 1. The van der Waals surface area contributed by atoms with Crippen molar-refractivity contribution in [3.05, 3.63) is 64.5 Å². The molecule has 1 N–H and O–H groups in total. The molecule has 1 aliphatic rings. The monoisotopic (exact) mass is 382 g/mol. The first-order valence-corrected chi connectivity index (χ1v) is 9.39. The summed E-state index contributed by atoms with van der Waals surface area (Å²) in [5, 5.41) is 12.3. The molecule has 0 bridgehead atoms. The quantitative estimate of drug-likeness (QED) is 0.797. The van der Waals surface area contributed by atoms with E-state index in [1.54, 1.807) is 24.3 Å². The standard InChI is InChI=1S/C22H23FN2O3/c1-2-27-21-6-3-15(13-24)9-18(21)11-19(26)10-16-4-5-17(12-20(16)23)22-14-25-7-8-28-22/h3-6,9,12,22,25H,2,7-8,10-11,14H2,1H3/t22-/m1/s1. The number of nitrogens with one attached hydrogen (secondary N) is 1. The highest BCUT2D eigenvalue weighted by molar-refractivity contribution is 5.84. The van der Waals surface area contributed by atoms with E-state index in [0.29, 0.717) is 42.2 Å². The van der Waals surface area contributed by atoms with Crippen LogP contribution in [0.15, 0.2) is 36.4 Å². The molecule has 0 spiro atoms. The first-order chi connectivity index (χ1) is 13.6. The highest BCUT2D eigenvalue weighted by atomic mass is 19.1. The first-order valence-electron chi connectivity index (χ1n) is 9.39. The van der Waals surface area contributed by atoms with Crippen molar-refractivity contribution in [2.24, 2.45) is 0 Å². The molecule has 1 saturated heterocycles. The molecule has 3 rings (SSSR count). The summed E-state index contributed by atoms with van der Waals surface area (Å²) in [5.74, 6) is 0.0294. The largest absolute Gasteiger partial charge is 0.494 e. The summed E-state index contributed by atoms with van der Waals surface area (Å²) in [6.45, 7) is 4.35. The van der Waals surface area contributed by atoms with Crippen molar-refractivity contribution in [1.29, 1.82) is 5.26 Å². The second-order valence-corrected chi connectivity index (χ2v) is 6.67. The number of carbonyl (C=O) groups is 1. The van der Waals surface area contributed by atoms with Crippen molar-refractivity contribution in [1.82, 2.24) is 5.32 Å². The number of hydrogen-bond donors (Lipinski definition) is 1. The van der Waals surface area contributed by atoms with Gasteiger partial charge in [0, 0.05) is 31.5 Å². The number of benzene rings is 2. The van der Waals surface area contributed by atoms with Gasteiger partial charge in [-0.2, -0.15) is 5.26 Å². The number of ether oxygens (including phenoxy) is 2. The molecule has 0 saturated carbocycles. The predicted octanol–water partition coefficient (Wildman–Crippen LogP) is 3.11. The molecule has 2 aromatic rings. The van der Waals surface area contributed by atoms with Crippen LogP contribution in [0.5, 0.6) is 5.75 Å². The van der Waals surface area contributed by atoms with Gasteiger partial charge in [-0.1, -0.05) is 12.1 Å². The van der Waals surface area contributed by atoms with Gasteiger partial charge in [-0.25, -0.2) is 4.39 Å². The number of carbonyl (C=O) groups excluding carboxylic acids is 1. The zero-order valence-electron chi connectivity index (χ0n) is 15.8. The average Bonchev–Trinajstić information content (AvgIpc) is 2.71. The molecule has 2 aromatic carbocycles. The Labute approximate surface area is 164 Å². The summed E-state index contributed by atoms with van der Waals surface area (Å²) in [6.07, 6.45) is -0.101. The Kier molecular flexibility index (Phi) is 6.75. The van der Waals surface area contributed by atoms with Crippen molar-refractivity contribution in [2.75, 3.05) is 26.3 Å². The number of halogens is 1. The maximum Gasteiger partial charge on any atom is 0.141 e. The maximum absolute atomic E-state index is 14.5. The van der Waals surface area contributed by atoms with Crippen molar-refractivity contribution in [3.63, 3.8) is 0 Å². The van der Waals surface area contributed by atoms with Gasteiger partial charge < -0.3 is 14.8 Å². The van der Waals surface area contributed by atoms with E-state index in [-0.39, 0.29) is 24.7 Å². The fourth-order valence-electron chi connectivity index (χ4n) is 3.26. The van der Waals surface area contributed by atoms with Crippen LogP contribution in [0.4, 0.5) is 4.39 Å². The third kappa shape index (κ3) is 4.94. The van der Waals surface area contributed by atoms with Gasteiger partial charge in [-0.05, 0) is 42.3 Å². The topological polar surface area (TPSA) is 71.3 Å². The minimum Gasteiger partial charge on any atom is -0.494 e. The molecule has 0 aliphatic carbocycles. The van der Waals surface area contributed by atoms with Crippen LogP contribution in [0.25, 0.3) is 0 Å². The number of nitriles is 1. The minimum atomic E-state index is -0.407. The Morgan fingerprint density at radius 1 is 1.29 bits per heavy atom. The van der Waals surface area contributed by atoms with Crippen LogP contribution in [-0.2, 0) is 22.4 Å². The summed E-state index contributed by atoms with van der Waals surface area (Å²) in [6, 6.07) is 12.0. The number of rotatable bonds is 7. The lowest BCUT2D eigenvalue weighted by molar-refractivity contribution is -0.117. The van der Waals surface area contributed by atoms with Gasteiger partial charge in [-0.15, -0.1) is 0 Å². The van der Waals surface area contributed by atoms with Crippen LogP contribution < -0.4 is 10.1 Å². The molecule has 1 heterocycles. The Morgan fingerprint density at radius 2 is 2.11 bits per heavy atom. The van der Waals surface area contributed by atoms with E-state index in [4.69, 9.17) is 14.7 Å².